The molecule has 2 aliphatic rings. The van der Waals surface area contributed by atoms with E-state index >= 15 is 8.78 Å². The number of aromatic nitrogens is 6. The normalized spacial score (nSPS) is 18.7. The molecule has 3 atom stereocenters. The van der Waals surface area contributed by atoms with E-state index in [4.69, 9.17) is 4.98 Å². The number of nitrogens with zero attached hydrogens (tertiary/aromatic N) is 5. The summed E-state index contributed by atoms with van der Waals surface area (Å²) in [6.45, 7) is 3.20. The number of aromatic amines is 1. The number of hydrogen-bond acceptors (Lipinski definition) is 5. The summed E-state index contributed by atoms with van der Waals surface area (Å²) in [5.74, 6) is -7.56. The van der Waals surface area contributed by atoms with Crippen molar-refractivity contribution in [2.75, 3.05) is 0 Å². The van der Waals surface area contributed by atoms with Gasteiger partial charge in [-0.2, -0.15) is 19.0 Å². The van der Waals surface area contributed by atoms with Crippen molar-refractivity contribution in [1.29, 1.82) is 0 Å². The van der Waals surface area contributed by atoms with E-state index in [1.807, 2.05) is 26.0 Å². The molecule has 0 aliphatic heterocycles. The van der Waals surface area contributed by atoms with Crippen LogP contribution in [-0.2, 0) is 23.7 Å². The predicted molar refractivity (Wildman–Crippen MR) is 154 cm³/mol. The Hall–Kier alpha value is -4.75. The zero-order chi connectivity index (χ0) is 32.5. The van der Waals surface area contributed by atoms with Crippen molar-refractivity contribution in [1.82, 2.24) is 35.3 Å². The molecule has 0 radical (unpaired) electrons. The van der Waals surface area contributed by atoms with Crippen molar-refractivity contribution in [2.45, 2.75) is 63.5 Å². The number of halogens is 6. The number of fused-ring (bicyclic) bond motifs is 4. The summed E-state index contributed by atoms with van der Waals surface area (Å²) in [4.78, 5) is 22.8. The highest BCUT2D eigenvalue weighted by Gasteiger charge is 2.67. The molecule has 8 nitrogen and oxygen atoms in total. The van der Waals surface area contributed by atoms with Crippen LogP contribution in [0.5, 0.6) is 0 Å². The molecule has 0 bridgehead atoms. The zero-order valence-electron chi connectivity index (χ0n) is 24.5. The van der Waals surface area contributed by atoms with Crippen LogP contribution < -0.4 is 5.32 Å². The largest absolute Gasteiger partial charge is 0.346 e. The number of alkyl halides is 4. The number of pyridine rings is 2. The minimum absolute atomic E-state index is 0.0851. The Labute approximate surface area is 258 Å². The Kier molecular flexibility index (Phi) is 7.13. The lowest BCUT2D eigenvalue weighted by Crippen LogP contribution is -2.35. The lowest BCUT2D eigenvalue weighted by molar-refractivity contribution is -0.123. The van der Waals surface area contributed by atoms with Gasteiger partial charge in [0.05, 0.1) is 23.4 Å². The maximum atomic E-state index is 15.2. The first-order chi connectivity index (χ1) is 21.9. The van der Waals surface area contributed by atoms with E-state index in [-0.39, 0.29) is 35.6 Å². The molecule has 1 saturated carbocycles. The highest BCUT2D eigenvalue weighted by Crippen LogP contribution is 2.68. The summed E-state index contributed by atoms with van der Waals surface area (Å²) < 4.78 is 87.1. The first kappa shape index (κ1) is 29.9. The van der Waals surface area contributed by atoms with E-state index in [0.29, 0.717) is 32.9 Å². The Morgan fingerprint density at radius 2 is 1.85 bits per heavy atom. The van der Waals surface area contributed by atoms with Crippen LogP contribution in [0.4, 0.5) is 26.3 Å². The Bertz CT molecular complexity index is 1950. The quantitative estimate of drug-likeness (QED) is 0.172. The fraction of sp³-hybridized carbons (Fsp3) is 0.344. The number of carbonyl (C=O) groups excluding carboxylic acids is 1. The molecule has 2 aliphatic carbocycles. The third-order valence-electron chi connectivity index (χ3n) is 8.63. The number of nitrogens with one attached hydrogen (secondary N) is 2. The fourth-order valence-corrected chi connectivity index (χ4v) is 6.43. The summed E-state index contributed by atoms with van der Waals surface area (Å²) >= 11 is 0. The second-order valence-corrected chi connectivity index (χ2v) is 12.1. The number of H-pyrrole nitrogens is 1. The van der Waals surface area contributed by atoms with Gasteiger partial charge in [0.2, 0.25) is 5.91 Å². The molecule has 2 N–H and O–H groups in total. The molecular weight excluding hydrogens is 612 g/mol. The van der Waals surface area contributed by atoms with Gasteiger partial charge in [-0.15, -0.1) is 0 Å². The summed E-state index contributed by atoms with van der Waals surface area (Å²) in [5.41, 5.74) is 1.86. The van der Waals surface area contributed by atoms with Crippen molar-refractivity contribution in [3.63, 3.8) is 0 Å². The van der Waals surface area contributed by atoms with Gasteiger partial charge in [0.1, 0.15) is 35.1 Å². The molecule has 0 spiro atoms. The molecular formula is C32H27F6N7O. The van der Waals surface area contributed by atoms with Crippen LogP contribution in [0.15, 0.2) is 48.8 Å². The number of hydrogen-bond donors (Lipinski definition) is 2. The van der Waals surface area contributed by atoms with Gasteiger partial charge in [-0.1, -0.05) is 19.9 Å². The molecule has 5 aromatic rings. The third kappa shape index (κ3) is 5.18. The van der Waals surface area contributed by atoms with Crippen LogP contribution in [0.25, 0.3) is 22.2 Å². The smallest absolute Gasteiger partial charge is 0.293 e. The second-order valence-electron chi connectivity index (χ2n) is 12.1. The maximum Gasteiger partial charge on any atom is 0.293 e. The second kappa shape index (κ2) is 11.0. The van der Waals surface area contributed by atoms with Gasteiger partial charge < -0.3 is 5.32 Å². The van der Waals surface area contributed by atoms with Crippen LogP contribution in [0.1, 0.15) is 78.5 Å². The van der Waals surface area contributed by atoms with Gasteiger partial charge in [-0.25, -0.2) is 22.5 Å². The molecule has 1 unspecified atom stereocenters. The van der Waals surface area contributed by atoms with Gasteiger partial charge in [-0.05, 0) is 54.5 Å². The Balaban J connectivity index is 1.29. The first-order valence-electron chi connectivity index (χ1n) is 14.7. The van der Waals surface area contributed by atoms with Crippen molar-refractivity contribution >= 4 is 16.9 Å². The molecule has 7 rings (SSSR count). The number of amides is 1. The van der Waals surface area contributed by atoms with Gasteiger partial charge in [0.25, 0.3) is 12.3 Å². The lowest BCUT2D eigenvalue weighted by atomic mass is 9.95. The number of rotatable bonds is 9. The highest BCUT2D eigenvalue weighted by molar-refractivity contribution is 5.83. The molecule has 4 aromatic heterocycles. The SMILES string of the molecule is CC(C)c1ccc(-c2cc3[nH]ncc3nc2C(Cc2cc(F)cc(F)c2)NC(=O)Cn2nc(C(F)F)c3c2C(F)(F)[C@@H]2C[C@H]32)cn1. The van der Waals surface area contributed by atoms with Crippen molar-refractivity contribution in [2.24, 2.45) is 5.92 Å². The minimum Gasteiger partial charge on any atom is -0.346 e. The molecule has 1 aromatic carbocycles. The summed E-state index contributed by atoms with van der Waals surface area (Å²) in [6, 6.07) is 7.31. The van der Waals surface area contributed by atoms with Crippen LogP contribution in [0.3, 0.4) is 0 Å². The van der Waals surface area contributed by atoms with Crippen LogP contribution in [-0.4, -0.2) is 35.9 Å². The van der Waals surface area contributed by atoms with E-state index in [9.17, 15) is 22.4 Å². The third-order valence-corrected chi connectivity index (χ3v) is 8.63. The molecule has 0 saturated heterocycles. The van der Waals surface area contributed by atoms with E-state index in [1.165, 1.54) is 6.20 Å². The maximum absolute atomic E-state index is 15.2. The molecule has 46 heavy (non-hydrogen) atoms. The fourth-order valence-electron chi connectivity index (χ4n) is 6.43. The van der Waals surface area contributed by atoms with E-state index < -0.39 is 65.7 Å². The zero-order valence-corrected chi connectivity index (χ0v) is 24.5. The van der Waals surface area contributed by atoms with E-state index in [1.54, 1.807) is 12.3 Å². The van der Waals surface area contributed by atoms with E-state index in [2.05, 4.69) is 25.6 Å². The predicted octanol–water partition coefficient (Wildman–Crippen LogP) is 6.86. The Morgan fingerprint density at radius 1 is 1.09 bits per heavy atom. The van der Waals surface area contributed by atoms with E-state index in [0.717, 1.165) is 17.8 Å². The minimum atomic E-state index is -3.41. The Morgan fingerprint density at radius 3 is 2.52 bits per heavy atom. The summed E-state index contributed by atoms with van der Waals surface area (Å²) in [7, 11) is 0. The summed E-state index contributed by atoms with van der Waals surface area (Å²) in [6.07, 6.45) is -0.0444. The van der Waals surface area contributed by atoms with Gasteiger partial charge in [0, 0.05) is 40.6 Å². The van der Waals surface area contributed by atoms with Gasteiger partial charge >= 0.3 is 0 Å². The monoisotopic (exact) mass is 639 g/mol. The number of benzene rings is 1. The van der Waals surface area contributed by atoms with Crippen molar-refractivity contribution in [3.8, 4) is 11.1 Å². The van der Waals surface area contributed by atoms with Crippen molar-refractivity contribution in [3.05, 3.63) is 94.3 Å². The van der Waals surface area contributed by atoms with Gasteiger partial charge in [-0.3, -0.25) is 19.6 Å². The average Bonchev–Trinajstić information content (AvgIpc) is 3.40. The molecule has 238 valence electrons. The molecule has 1 amide bonds. The molecule has 1 fully saturated rings. The number of carbonyl (C=O) groups is 1. The van der Waals surface area contributed by atoms with Gasteiger partial charge in [0.15, 0.2) is 0 Å². The first-order valence-corrected chi connectivity index (χ1v) is 14.7. The van der Waals surface area contributed by atoms with Crippen LogP contribution in [0.2, 0.25) is 0 Å². The van der Waals surface area contributed by atoms with Crippen molar-refractivity contribution < 1.29 is 31.1 Å². The summed E-state index contributed by atoms with van der Waals surface area (Å²) in [5, 5.41) is 13.4. The highest BCUT2D eigenvalue weighted by atomic mass is 19.3. The lowest BCUT2D eigenvalue weighted by Gasteiger charge is -2.23. The molecule has 4 heterocycles. The average molecular weight is 640 g/mol. The topological polar surface area (TPSA) is 101 Å². The van der Waals surface area contributed by atoms with Crippen LogP contribution >= 0.6 is 0 Å². The van der Waals surface area contributed by atoms with Crippen LogP contribution in [0, 0.1) is 17.6 Å². The standard InChI is InChI=1S/C32H27F6N7O/c1-14(2)22-4-3-16(11-39-22)19-10-23-25(12-40-43-23)42-28(19)24(7-15-5-17(33)8-18(34)6-15)41-26(46)13-45-30-27(29(44-45)31(35)36)20-9-21(20)32(30,37)38/h3-6,8,10-12,14,20-21,24,31H,7,9,13H2,1-2H3,(H,40,43)(H,41,46)/t20-,21+,24?/m0/s1. The molecule has 14 heteroatoms.